The number of benzene rings is 1. The maximum absolute atomic E-state index is 15.0. The minimum absolute atomic E-state index is 0.00724. The van der Waals surface area contributed by atoms with Crippen LogP contribution in [-0.4, -0.2) is 87.6 Å². The molecular weight excluding hydrogens is 598 g/mol. The summed E-state index contributed by atoms with van der Waals surface area (Å²) in [5, 5.41) is 13.7. The highest BCUT2D eigenvalue weighted by molar-refractivity contribution is 5.99. The van der Waals surface area contributed by atoms with Gasteiger partial charge in [-0.1, -0.05) is 87.7 Å². The highest BCUT2D eigenvalue weighted by Gasteiger charge is 2.74. The van der Waals surface area contributed by atoms with E-state index in [9.17, 15) is 19.5 Å². The first-order valence-corrected chi connectivity index (χ1v) is 17.5. The number of hydrogen-bond donors (Lipinski definition) is 2. The van der Waals surface area contributed by atoms with Gasteiger partial charge in [0.2, 0.25) is 17.7 Å². The SMILES string of the molecule is CC(C)C[C@H](CO)N1C(=O)[C@H]2[C@@H]3C(=O)O[C@H](c4ccccc4)[C@@H](C)NC(=O)CC/C=C\CN(C4CCCCC4)C(=O)[C@H]1[C@@]21C=C[C@@H]3O1. The molecule has 10 heteroatoms. The number of esters is 1. The number of amides is 3. The zero-order valence-corrected chi connectivity index (χ0v) is 27.8. The molecule has 254 valence electrons. The van der Waals surface area contributed by atoms with Crippen molar-refractivity contribution in [2.45, 2.75) is 114 Å². The second-order valence-corrected chi connectivity index (χ2v) is 14.3. The number of nitrogens with zero attached hydrogens (tertiary/aromatic N) is 2. The van der Waals surface area contributed by atoms with Crippen LogP contribution in [-0.2, 0) is 28.7 Å². The molecule has 4 heterocycles. The molecule has 5 aliphatic rings. The molecule has 1 aromatic rings. The summed E-state index contributed by atoms with van der Waals surface area (Å²) in [5.41, 5.74) is -0.645. The molecule has 2 N–H and O–H groups in total. The summed E-state index contributed by atoms with van der Waals surface area (Å²) in [5.74, 6) is -3.19. The van der Waals surface area contributed by atoms with Crippen molar-refractivity contribution in [3.8, 4) is 0 Å². The van der Waals surface area contributed by atoms with Gasteiger partial charge >= 0.3 is 5.97 Å². The standard InChI is InChI=1S/C37H49N3O7/c1-23(2)21-27(22-41)40-33-35(44)39(26-15-9-5-10-16-26)20-12-6-11-17-29(42)38-24(3)32(25-13-7-4-8-14-25)46-36(45)30-28-18-19-37(33,47-28)31(30)34(40)43/h4,6-8,12-14,18-19,23-24,26-28,30-33,41H,5,9-11,15-17,20-22H2,1-3H3,(H,38,42)/b12-6-/t24-,27-,28+,30-,31-,32+,33+,37-/m1/s1. The number of fused-ring (bicyclic) bond motifs is 2. The van der Waals surface area contributed by atoms with Crippen LogP contribution in [0.4, 0.5) is 0 Å². The number of ether oxygens (including phenoxy) is 2. The lowest BCUT2D eigenvalue weighted by molar-refractivity contribution is -0.162. The summed E-state index contributed by atoms with van der Waals surface area (Å²) < 4.78 is 12.9. The first-order chi connectivity index (χ1) is 22.7. The van der Waals surface area contributed by atoms with E-state index in [4.69, 9.17) is 9.47 Å². The number of carbonyl (C=O) groups is 4. The minimum Gasteiger partial charge on any atom is -0.455 e. The second kappa shape index (κ2) is 13.9. The molecule has 2 saturated heterocycles. The van der Waals surface area contributed by atoms with E-state index in [0.717, 1.165) is 32.1 Å². The monoisotopic (exact) mass is 647 g/mol. The van der Waals surface area contributed by atoms with E-state index in [1.165, 1.54) is 0 Å². The molecule has 0 aromatic heterocycles. The lowest BCUT2D eigenvalue weighted by atomic mass is 9.74. The largest absolute Gasteiger partial charge is 0.455 e. The molecule has 3 fully saturated rings. The Morgan fingerprint density at radius 3 is 2.47 bits per heavy atom. The Balaban J connectivity index is 1.45. The van der Waals surface area contributed by atoms with Crippen LogP contribution in [0.3, 0.4) is 0 Å². The summed E-state index contributed by atoms with van der Waals surface area (Å²) >= 11 is 0. The number of rotatable bonds is 6. The van der Waals surface area contributed by atoms with E-state index < -0.39 is 53.7 Å². The highest BCUT2D eigenvalue weighted by Crippen LogP contribution is 2.56. The van der Waals surface area contributed by atoms with Gasteiger partial charge in [-0.2, -0.15) is 0 Å². The van der Waals surface area contributed by atoms with Gasteiger partial charge in [0.15, 0.2) is 0 Å². The van der Waals surface area contributed by atoms with Crippen LogP contribution in [0.25, 0.3) is 0 Å². The molecule has 1 aliphatic carbocycles. The third kappa shape index (κ3) is 6.26. The molecule has 47 heavy (non-hydrogen) atoms. The van der Waals surface area contributed by atoms with Gasteiger partial charge in [-0.25, -0.2) is 0 Å². The molecule has 6 rings (SSSR count). The fraction of sp³-hybridized carbons (Fsp3) is 0.622. The third-order valence-corrected chi connectivity index (χ3v) is 10.7. The molecular formula is C37H49N3O7. The van der Waals surface area contributed by atoms with Crippen molar-refractivity contribution in [1.29, 1.82) is 0 Å². The molecule has 8 atom stereocenters. The summed E-state index contributed by atoms with van der Waals surface area (Å²) in [6.07, 6.45) is 12.0. The van der Waals surface area contributed by atoms with E-state index in [1.807, 2.05) is 74.2 Å². The Labute approximate surface area is 277 Å². The Hall–Kier alpha value is -3.50. The number of allylic oxidation sites excluding steroid dienone is 1. The van der Waals surface area contributed by atoms with E-state index in [1.54, 1.807) is 11.0 Å². The summed E-state index contributed by atoms with van der Waals surface area (Å²) in [6.45, 7) is 5.88. The predicted octanol–water partition coefficient (Wildman–Crippen LogP) is 3.84. The number of hydrogen-bond acceptors (Lipinski definition) is 7. The Morgan fingerprint density at radius 1 is 1.02 bits per heavy atom. The van der Waals surface area contributed by atoms with Crippen molar-refractivity contribution >= 4 is 23.7 Å². The molecule has 1 saturated carbocycles. The van der Waals surface area contributed by atoms with Gasteiger partial charge in [0.05, 0.1) is 30.7 Å². The van der Waals surface area contributed by atoms with Crippen molar-refractivity contribution in [2.24, 2.45) is 17.8 Å². The van der Waals surface area contributed by atoms with Crippen molar-refractivity contribution in [1.82, 2.24) is 15.1 Å². The number of aliphatic hydroxyl groups excluding tert-OH is 1. The van der Waals surface area contributed by atoms with Gasteiger partial charge in [0, 0.05) is 19.0 Å². The number of aliphatic hydroxyl groups is 1. The summed E-state index contributed by atoms with van der Waals surface area (Å²) in [7, 11) is 0. The smallest absolute Gasteiger partial charge is 0.313 e. The van der Waals surface area contributed by atoms with E-state index in [2.05, 4.69) is 5.32 Å². The fourth-order valence-corrected chi connectivity index (χ4v) is 8.57. The lowest BCUT2D eigenvalue weighted by Crippen LogP contribution is -2.60. The topological polar surface area (TPSA) is 125 Å². The summed E-state index contributed by atoms with van der Waals surface area (Å²) in [6, 6.07) is 7.05. The highest BCUT2D eigenvalue weighted by atomic mass is 16.6. The first-order valence-electron chi connectivity index (χ1n) is 17.5. The second-order valence-electron chi connectivity index (χ2n) is 14.3. The quantitative estimate of drug-likeness (QED) is 0.355. The van der Waals surface area contributed by atoms with Gasteiger partial charge < -0.3 is 29.7 Å². The summed E-state index contributed by atoms with van der Waals surface area (Å²) in [4.78, 5) is 60.4. The third-order valence-electron chi connectivity index (χ3n) is 10.7. The van der Waals surface area contributed by atoms with E-state index in [0.29, 0.717) is 24.9 Å². The molecule has 1 spiro atoms. The molecule has 3 amide bonds. The molecule has 10 nitrogen and oxygen atoms in total. The maximum Gasteiger partial charge on any atom is 0.313 e. The van der Waals surface area contributed by atoms with Crippen LogP contribution in [0.2, 0.25) is 0 Å². The Kier molecular flexibility index (Phi) is 9.90. The minimum atomic E-state index is -1.36. The fourth-order valence-electron chi connectivity index (χ4n) is 8.57. The maximum atomic E-state index is 15.0. The average molecular weight is 648 g/mol. The van der Waals surface area contributed by atoms with Gasteiger partial charge in [-0.15, -0.1) is 0 Å². The van der Waals surface area contributed by atoms with Crippen molar-refractivity contribution < 1.29 is 33.8 Å². The van der Waals surface area contributed by atoms with Crippen LogP contribution in [0.1, 0.15) is 83.8 Å². The van der Waals surface area contributed by atoms with Crippen molar-refractivity contribution in [2.75, 3.05) is 13.2 Å². The number of likely N-dealkylation sites (tertiary alicyclic amines) is 1. The van der Waals surface area contributed by atoms with E-state index >= 15 is 4.79 Å². The van der Waals surface area contributed by atoms with Gasteiger partial charge in [-0.05, 0) is 44.1 Å². The van der Waals surface area contributed by atoms with Gasteiger partial charge in [0.25, 0.3) is 0 Å². The molecule has 5 bridgehead atoms. The van der Waals surface area contributed by atoms with Gasteiger partial charge in [-0.3, -0.25) is 19.2 Å². The molecule has 0 radical (unpaired) electrons. The van der Waals surface area contributed by atoms with Crippen LogP contribution in [0, 0.1) is 17.8 Å². The van der Waals surface area contributed by atoms with Crippen LogP contribution >= 0.6 is 0 Å². The van der Waals surface area contributed by atoms with Crippen molar-refractivity contribution in [3.05, 3.63) is 60.2 Å². The zero-order chi connectivity index (χ0) is 33.3. The van der Waals surface area contributed by atoms with E-state index in [-0.39, 0.29) is 42.7 Å². The number of cyclic esters (lactones) is 1. The molecule has 1 aromatic carbocycles. The lowest BCUT2D eigenvalue weighted by Gasteiger charge is -2.42. The Bertz CT molecular complexity index is 1390. The predicted molar refractivity (Wildman–Crippen MR) is 175 cm³/mol. The number of nitrogens with one attached hydrogen (secondary N) is 1. The zero-order valence-electron chi connectivity index (χ0n) is 27.8. The van der Waals surface area contributed by atoms with Crippen LogP contribution in [0.15, 0.2) is 54.6 Å². The van der Waals surface area contributed by atoms with Crippen molar-refractivity contribution in [3.63, 3.8) is 0 Å². The number of carbonyl (C=O) groups excluding carboxylic acids is 4. The van der Waals surface area contributed by atoms with Gasteiger partial charge in [0.1, 0.15) is 23.7 Å². The normalized spacial score (nSPS) is 34.8. The molecule has 4 aliphatic heterocycles. The molecule has 0 unspecified atom stereocenters. The first kappa shape index (κ1) is 33.4. The van der Waals surface area contributed by atoms with Crippen LogP contribution in [0.5, 0.6) is 0 Å². The Morgan fingerprint density at radius 2 is 1.77 bits per heavy atom. The van der Waals surface area contributed by atoms with Crippen LogP contribution < -0.4 is 5.32 Å². The average Bonchev–Trinajstić information content (AvgIpc) is 3.71.